The van der Waals surface area contributed by atoms with Crippen molar-refractivity contribution in [3.8, 4) is 22.9 Å². The predicted molar refractivity (Wildman–Crippen MR) is 148 cm³/mol. The number of aromatic nitrogens is 6. The second-order valence-electron chi connectivity index (χ2n) is 9.87. The van der Waals surface area contributed by atoms with Crippen molar-refractivity contribution in [2.45, 2.75) is 44.4 Å². The summed E-state index contributed by atoms with van der Waals surface area (Å²) in [7, 11) is 4.74. The maximum Gasteiger partial charge on any atom is 0.229 e. The van der Waals surface area contributed by atoms with Gasteiger partial charge in [0.2, 0.25) is 11.7 Å². The summed E-state index contributed by atoms with van der Waals surface area (Å²) in [5.41, 5.74) is 1.47. The molecule has 2 N–H and O–H groups in total. The molecular formula is C27H34N8O5. The molecule has 1 aromatic carbocycles. The molecule has 2 fully saturated rings. The minimum atomic E-state index is -0.173. The molecule has 5 heterocycles. The maximum atomic E-state index is 9.96. The van der Waals surface area contributed by atoms with E-state index in [1.165, 1.54) is 0 Å². The van der Waals surface area contributed by atoms with Crippen molar-refractivity contribution < 1.29 is 24.1 Å². The SMILES string of the molecule is COc1cc(-n2cnc(Nc3nc(N4CCC[C@H]4CO)nc4c3cnn4C3CCCCO3)c2)cc(OC)c1OC. The number of benzene rings is 1. The third-order valence-corrected chi connectivity index (χ3v) is 7.49. The van der Waals surface area contributed by atoms with Gasteiger partial charge in [-0.2, -0.15) is 15.1 Å². The molecule has 2 aliphatic heterocycles. The minimum Gasteiger partial charge on any atom is -0.493 e. The number of fused-ring (bicyclic) bond motifs is 1. The quantitative estimate of drug-likeness (QED) is 0.317. The molecule has 0 spiro atoms. The number of methoxy groups -OCH3 is 3. The van der Waals surface area contributed by atoms with Crippen LogP contribution in [0.15, 0.2) is 30.9 Å². The number of rotatable bonds is 9. The van der Waals surface area contributed by atoms with Crippen molar-refractivity contribution >= 4 is 28.6 Å². The first-order chi connectivity index (χ1) is 19.6. The number of ether oxygens (including phenoxy) is 4. The van der Waals surface area contributed by atoms with Gasteiger partial charge in [0.05, 0.1) is 57.4 Å². The van der Waals surface area contributed by atoms with Gasteiger partial charge in [-0.25, -0.2) is 9.67 Å². The Morgan fingerprint density at radius 3 is 2.58 bits per heavy atom. The van der Waals surface area contributed by atoms with Crippen molar-refractivity contribution in [1.82, 2.24) is 29.3 Å². The van der Waals surface area contributed by atoms with Crippen LogP contribution in [0.25, 0.3) is 16.7 Å². The normalized spacial score (nSPS) is 19.2. The van der Waals surface area contributed by atoms with E-state index >= 15 is 0 Å². The van der Waals surface area contributed by atoms with Crippen LogP contribution in [0.2, 0.25) is 0 Å². The van der Waals surface area contributed by atoms with Crippen LogP contribution in [0.5, 0.6) is 17.2 Å². The van der Waals surface area contributed by atoms with Gasteiger partial charge in [-0.3, -0.25) is 0 Å². The van der Waals surface area contributed by atoms with Crippen molar-refractivity contribution in [3.05, 3.63) is 30.9 Å². The van der Waals surface area contributed by atoms with Gasteiger partial charge in [0.1, 0.15) is 18.0 Å². The van der Waals surface area contributed by atoms with E-state index in [0.717, 1.165) is 49.7 Å². The van der Waals surface area contributed by atoms with E-state index in [0.29, 0.717) is 47.1 Å². The average Bonchev–Trinajstić information content (AvgIpc) is 3.76. The monoisotopic (exact) mass is 550 g/mol. The number of nitrogens with one attached hydrogen (secondary N) is 1. The highest BCUT2D eigenvalue weighted by Crippen LogP contribution is 2.39. The van der Waals surface area contributed by atoms with Crippen LogP contribution in [0, 0.1) is 0 Å². The third kappa shape index (κ3) is 4.75. The molecule has 0 saturated carbocycles. The summed E-state index contributed by atoms with van der Waals surface area (Å²) in [5, 5.41) is 18.8. The van der Waals surface area contributed by atoms with E-state index < -0.39 is 0 Å². The third-order valence-electron chi connectivity index (χ3n) is 7.49. The molecule has 0 aliphatic carbocycles. The Morgan fingerprint density at radius 2 is 1.88 bits per heavy atom. The van der Waals surface area contributed by atoms with Crippen LogP contribution in [0.3, 0.4) is 0 Å². The van der Waals surface area contributed by atoms with E-state index in [4.69, 9.17) is 28.9 Å². The number of hydrogen-bond donors (Lipinski definition) is 2. The molecule has 3 aromatic heterocycles. The van der Waals surface area contributed by atoms with Crippen LogP contribution in [0.4, 0.5) is 17.6 Å². The maximum absolute atomic E-state index is 9.96. The summed E-state index contributed by atoms with van der Waals surface area (Å²) in [6.07, 6.45) is 10.0. The fraction of sp³-hybridized carbons (Fsp3) is 0.481. The number of aliphatic hydroxyl groups excluding tert-OH is 1. The summed E-state index contributed by atoms with van der Waals surface area (Å²) in [6, 6.07) is 3.68. The molecular weight excluding hydrogens is 516 g/mol. The van der Waals surface area contributed by atoms with E-state index in [-0.39, 0.29) is 18.9 Å². The first-order valence-corrected chi connectivity index (χ1v) is 13.5. The summed E-state index contributed by atoms with van der Waals surface area (Å²) in [5.74, 6) is 3.33. The first-order valence-electron chi connectivity index (χ1n) is 13.5. The summed E-state index contributed by atoms with van der Waals surface area (Å²) < 4.78 is 26.2. The Hall–Kier alpha value is -4.10. The second kappa shape index (κ2) is 11.2. The van der Waals surface area contributed by atoms with E-state index in [1.54, 1.807) is 33.9 Å². The van der Waals surface area contributed by atoms with Gasteiger partial charge in [-0.05, 0) is 32.1 Å². The zero-order valence-electron chi connectivity index (χ0n) is 22.9. The number of hydrogen-bond acceptors (Lipinski definition) is 11. The Balaban J connectivity index is 1.37. The summed E-state index contributed by atoms with van der Waals surface area (Å²) in [4.78, 5) is 16.4. The zero-order valence-corrected chi connectivity index (χ0v) is 22.9. The molecule has 0 amide bonds. The van der Waals surface area contributed by atoms with Crippen LogP contribution < -0.4 is 24.4 Å². The summed E-state index contributed by atoms with van der Waals surface area (Å²) >= 11 is 0. The van der Waals surface area contributed by atoms with Gasteiger partial charge in [-0.1, -0.05) is 0 Å². The van der Waals surface area contributed by atoms with Crippen LogP contribution >= 0.6 is 0 Å². The van der Waals surface area contributed by atoms with Crippen molar-refractivity contribution in [1.29, 1.82) is 0 Å². The van der Waals surface area contributed by atoms with Crippen molar-refractivity contribution in [2.24, 2.45) is 0 Å². The topological polar surface area (TPSA) is 134 Å². The lowest BCUT2D eigenvalue weighted by Crippen LogP contribution is -2.33. The highest BCUT2D eigenvalue weighted by molar-refractivity contribution is 5.89. The van der Waals surface area contributed by atoms with Gasteiger partial charge >= 0.3 is 0 Å². The molecule has 40 heavy (non-hydrogen) atoms. The molecule has 4 aromatic rings. The number of nitrogens with zero attached hydrogens (tertiary/aromatic N) is 7. The first kappa shape index (κ1) is 26.1. The number of anilines is 3. The van der Waals surface area contributed by atoms with E-state index in [2.05, 4.69) is 20.3 Å². The smallest absolute Gasteiger partial charge is 0.229 e. The minimum absolute atomic E-state index is 0.0214. The standard InChI is InChI=1S/C27H34N8O5/c1-37-20-11-18(12-21(38-2)24(20)39-3)33-14-22(28-16-33)30-25-19-13-29-35(23-8-4-5-10-40-23)26(19)32-27(31-25)34-9-6-7-17(34)15-36/h11-14,16-17,23,36H,4-10,15H2,1-3H3,(H,30,31,32)/t17-,23?/m0/s1. The van der Waals surface area contributed by atoms with Crippen LogP contribution in [-0.4, -0.2) is 81.5 Å². The van der Waals surface area contributed by atoms with Crippen molar-refractivity contribution in [2.75, 3.05) is 51.3 Å². The second-order valence-corrected chi connectivity index (χ2v) is 9.87. The van der Waals surface area contributed by atoms with Gasteiger partial charge in [0.25, 0.3) is 0 Å². The average molecular weight is 551 g/mol. The highest BCUT2D eigenvalue weighted by atomic mass is 16.5. The van der Waals surface area contributed by atoms with E-state index in [1.807, 2.05) is 27.6 Å². The molecule has 2 saturated heterocycles. The molecule has 1 unspecified atom stereocenters. The van der Waals surface area contributed by atoms with Gasteiger partial charge in [0.15, 0.2) is 23.4 Å². The summed E-state index contributed by atoms with van der Waals surface area (Å²) in [6.45, 7) is 1.53. The largest absolute Gasteiger partial charge is 0.493 e. The highest BCUT2D eigenvalue weighted by Gasteiger charge is 2.29. The molecule has 2 atom stereocenters. The van der Waals surface area contributed by atoms with E-state index in [9.17, 15) is 5.11 Å². The Labute approximate surface area is 231 Å². The van der Waals surface area contributed by atoms with Crippen LogP contribution in [0.1, 0.15) is 38.3 Å². The van der Waals surface area contributed by atoms with Gasteiger partial charge in [-0.15, -0.1) is 0 Å². The molecule has 0 radical (unpaired) electrons. The lowest BCUT2D eigenvalue weighted by atomic mass is 10.2. The Morgan fingerprint density at radius 1 is 1.05 bits per heavy atom. The molecule has 0 bridgehead atoms. The molecule has 6 rings (SSSR count). The van der Waals surface area contributed by atoms with Crippen LogP contribution in [-0.2, 0) is 4.74 Å². The molecule has 2 aliphatic rings. The lowest BCUT2D eigenvalue weighted by molar-refractivity contribution is -0.0370. The number of imidazole rings is 1. The predicted octanol–water partition coefficient (Wildman–Crippen LogP) is 3.44. The number of aliphatic hydroxyl groups is 1. The Kier molecular flexibility index (Phi) is 7.30. The lowest BCUT2D eigenvalue weighted by Gasteiger charge is -2.25. The van der Waals surface area contributed by atoms with Gasteiger partial charge in [0, 0.05) is 25.3 Å². The van der Waals surface area contributed by atoms with Crippen molar-refractivity contribution in [3.63, 3.8) is 0 Å². The Bertz CT molecular complexity index is 1460. The fourth-order valence-corrected chi connectivity index (χ4v) is 5.42. The van der Waals surface area contributed by atoms with Gasteiger partial charge < -0.3 is 38.8 Å². The molecule has 13 nitrogen and oxygen atoms in total. The molecule has 212 valence electrons. The zero-order chi connectivity index (χ0) is 27.6. The fourth-order valence-electron chi connectivity index (χ4n) is 5.42. The molecule has 13 heteroatoms.